The van der Waals surface area contributed by atoms with Crippen molar-refractivity contribution in [3.63, 3.8) is 0 Å². The zero-order chi connectivity index (χ0) is 12.2. The van der Waals surface area contributed by atoms with Crippen molar-refractivity contribution in [3.05, 3.63) is 0 Å². The van der Waals surface area contributed by atoms with Crippen molar-refractivity contribution < 1.29 is 4.79 Å². The molecule has 3 aliphatic carbocycles. The highest BCUT2D eigenvalue weighted by Crippen LogP contribution is 2.69. The fourth-order valence-electron chi connectivity index (χ4n) is 4.23. The second-order valence-corrected chi connectivity index (χ2v) is 7.08. The molecule has 2 bridgehead atoms. The maximum Gasteiger partial charge on any atom is 0.223 e. The Morgan fingerprint density at radius 3 is 2.41 bits per heavy atom. The van der Waals surface area contributed by atoms with Crippen molar-refractivity contribution in [1.29, 1.82) is 0 Å². The van der Waals surface area contributed by atoms with Crippen molar-refractivity contribution in [2.75, 3.05) is 6.54 Å². The minimum atomic E-state index is 0.0641. The molecule has 0 heterocycles. The third-order valence-corrected chi connectivity index (χ3v) is 5.89. The lowest BCUT2D eigenvalue weighted by molar-refractivity contribution is -0.123. The van der Waals surface area contributed by atoms with Gasteiger partial charge >= 0.3 is 0 Å². The summed E-state index contributed by atoms with van der Waals surface area (Å²) in [4.78, 5) is 12.1. The third-order valence-electron chi connectivity index (χ3n) is 5.23. The summed E-state index contributed by atoms with van der Waals surface area (Å²) in [6.07, 6.45) is 4.16. The predicted molar refractivity (Wildman–Crippen MR) is 68.8 cm³/mol. The molecule has 0 aliphatic heterocycles. The van der Waals surface area contributed by atoms with Gasteiger partial charge in [0.05, 0.1) is 5.38 Å². The highest BCUT2D eigenvalue weighted by molar-refractivity contribution is 6.21. The molecule has 5 unspecified atom stereocenters. The minimum Gasteiger partial charge on any atom is -0.354 e. The molecule has 2 nitrogen and oxygen atoms in total. The Kier molecular flexibility index (Phi) is 2.89. The molecule has 3 aliphatic rings. The Hall–Kier alpha value is -0.240. The van der Waals surface area contributed by atoms with Gasteiger partial charge in [0.1, 0.15) is 0 Å². The highest BCUT2D eigenvalue weighted by atomic mass is 35.5. The van der Waals surface area contributed by atoms with Crippen molar-refractivity contribution in [1.82, 2.24) is 5.32 Å². The zero-order valence-electron chi connectivity index (χ0n) is 10.7. The normalized spacial score (nSPS) is 43.6. The molecule has 0 radical (unpaired) electrons. The van der Waals surface area contributed by atoms with Crippen LogP contribution in [-0.4, -0.2) is 17.8 Å². The number of nitrogens with one attached hydrogen (secondary N) is 1. The Labute approximate surface area is 108 Å². The van der Waals surface area contributed by atoms with Crippen LogP contribution < -0.4 is 5.32 Å². The van der Waals surface area contributed by atoms with Crippen LogP contribution in [0, 0.1) is 35.5 Å². The van der Waals surface area contributed by atoms with E-state index in [4.69, 9.17) is 11.6 Å². The fourth-order valence-corrected chi connectivity index (χ4v) is 4.30. The van der Waals surface area contributed by atoms with E-state index in [0.717, 1.165) is 23.7 Å². The number of rotatable bonds is 4. The van der Waals surface area contributed by atoms with Crippen LogP contribution in [0.1, 0.15) is 33.1 Å². The van der Waals surface area contributed by atoms with Gasteiger partial charge in [-0.25, -0.2) is 0 Å². The van der Waals surface area contributed by atoms with E-state index in [9.17, 15) is 4.79 Å². The van der Waals surface area contributed by atoms with Gasteiger partial charge in [-0.1, -0.05) is 13.8 Å². The number of hydrogen-bond donors (Lipinski definition) is 1. The number of fused-ring (bicyclic) bond motifs is 5. The quantitative estimate of drug-likeness (QED) is 0.769. The van der Waals surface area contributed by atoms with Gasteiger partial charge in [0.2, 0.25) is 5.91 Å². The van der Waals surface area contributed by atoms with Gasteiger partial charge in [0, 0.05) is 12.5 Å². The van der Waals surface area contributed by atoms with E-state index in [0.29, 0.717) is 18.4 Å². The average Bonchev–Trinajstić information content (AvgIpc) is 2.74. The van der Waals surface area contributed by atoms with Gasteiger partial charge < -0.3 is 5.32 Å². The molecule has 3 fully saturated rings. The standard InChI is InChI=1S/C14H22ClNO/c1-7(2)10(15)6-16-14(17)13-11-8-3-4-9(5-8)12(11)13/h7-13H,3-6H2,1-2H3,(H,16,17). The number of hydrogen-bond acceptors (Lipinski definition) is 1. The lowest BCUT2D eigenvalue weighted by atomic mass is 10.0. The van der Waals surface area contributed by atoms with E-state index < -0.39 is 0 Å². The molecule has 1 amide bonds. The first-order chi connectivity index (χ1) is 8.09. The van der Waals surface area contributed by atoms with Gasteiger partial charge in [-0.05, 0) is 48.9 Å². The van der Waals surface area contributed by atoms with Gasteiger partial charge in [0.15, 0.2) is 0 Å². The molecule has 0 aromatic rings. The molecular weight excluding hydrogens is 234 g/mol. The van der Waals surface area contributed by atoms with E-state index >= 15 is 0 Å². The van der Waals surface area contributed by atoms with Crippen molar-refractivity contribution in [2.45, 2.75) is 38.5 Å². The van der Waals surface area contributed by atoms with Crippen LogP contribution in [0.4, 0.5) is 0 Å². The Morgan fingerprint density at radius 1 is 1.29 bits per heavy atom. The Morgan fingerprint density at radius 2 is 1.88 bits per heavy atom. The highest BCUT2D eigenvalue weighted by Gasteiger charge is 2.67. The molecule has 1 N–H and O–H groups in total. The van der Waals surface area contributed by atoms with E-state index in [1.807, 2.05) is 0 Å². The number of amides is 1. The second-order valence-electron chi connectivity index (χ2n) is 6.52. The van der Waals surface area contributed by atoms with Crippen LogP contribution in [0.15, 0.2) is 0 Å². The average molecular weight is 256 g/mol. The molecule has 0 aromatic carbocycles. The van der Waals surface area contributed by atoms with Gasteiger partial charge in [-0.3, -0.25) is 4.79 Å². The maximum absolute atomic E-state index is 12.1. The monoisotopic (exact) mass is 255 g/mol. The number of halogens is 1. The topological polar surface area (TPSA) is 29.1 Å². The van der Waals surface area contributed by atoms with Gasteiger partial charge in [-0.15, -0.1) is 11.6 Å². The molecule has 0 aromatic heterocycles. The van der Waals surface area contributed by atoms with E-state index in [1.54, 1.807) is 0 Å². The van der Waals surface area contributed by atoms with E-state index in [2.05, 4.69) is 19.2 Å². The first kappa shape index (κ1) is 11.8. The summed E-state index contributed by atoms with van der Waals surface area (Å²) in [7, 11) is 0. The Bertz CT molecular complexity index is 314. The molecule has 3 saturated carbocycles. The SMILES string of the molecule is CC(C)C(Cl)CNC(=O)C1C2C3CCC(C3)C12. The summed E-state index contributed by atoms with van der Waals surface area (Å²) >= 11 is 6.16. The van der Waals surface area contributed by atoms with Crippen molar-refractivity contribution in [2.24, 2.45) is 35.5 Å². The summed E-state index contributed by atoms with van der Waals surface area (Å²) in [5.41, 5.74) is 0. The molecular formula is C14H22ClNO. The van der Waals surface area contributed by atoms with Crippen LogP contribution in [-0.2, 0) is 4.79 Å². The molecule has 0 spiro atoms. The number of carbonyl (C=O) groups is 1. The molecule has 3 heteroatoms. The minimum absolute atomic E-state index is 0.0641. The first-order valence-electron chi connectivity index (χ1n) is 7.01. The predicted octanol–water partition coefficient (Wildman–Crippen LogP) is 2.66. The molecule has 17 heavy (non-hydrogen) atoms. The van der Waals surface area contributed by atoms with Crippen molar-refractivity contribution >= 4 is 17.5 Å². The summed E-state index contributed by atoms with van der Waals surface area (Å²) in [6.45, 7) is 4.81. The smallest absolute Gasteiger partial charge is 0.223 e. The third kappa shape index (κ3) is 1.89. The van der Waals surface area contributed by atoms with Crippen LogP contribution in [0.5, 0.6) is 0 Å². The summed E-state index contributed by atoms with van der Waals surface area (Å²) < 4.78 is 0. The Balaban J connectivity index is 1.49. The number of alkyl halides is 1. The summed E-state index contributed by atoms with van der Waals surface area (Å²) in [5.74, 6) is 4.27. The van der Waals surface area contributed by atoms with Gasteiger partial charge in [0.25, 0.3) is 0 Å². The lowest BCUT2D eigenvalue weighted by Gasteiger charge is -2.15. The maximum atomic E-state index is 12.1. The van der Waals surface area contributed by atoms with E-state index in [-0.39, 0.29) is 11.3 Å². The molecule has 96 valence electrons. The lowest BCUT2D eigenvalue weighted by Crippen LogP contribution is -2.34. The van der Waals surface area contributed by atoms with Gasteiger partial charge in [-0.2, -0.15) is 0 Å². The molecule has 3 rings (SSSR count). The van der Waals surface area contributed by atoms with Crippen LogP contribution >= 0.6 is 11.6 Å². The summed E-state index contributed by atoms with van der Waals surface area (Å²) in [6, 6.07) is 0. The van der Waals surface area contributed by atoms with Crippen LogP contribution in [0.25, 0.3) is 0 Å². The van der Waals surface area contributed by atoms with Crippen LogP contribution in [0.3, 0.4) is 0 Å². The van der Waals surface area contributed by atoms with E-state index in [1.165, 1.54) is 19.3 Å². The first-order valence-corrected chi connectivity index (χ1v) is 7.45. The molecule has 5 atom stereocenters. The molecule has 0 saturated heterocycles. The fraction of sp³-hybridized carbons (Fsp3) is 0.929. The van der Waals surface area contributed by atoms with Crippen LogP contribution in [0.2, 0.25) is 0 Å². The largest absolute Gasteiger partial charge is 0.354 e. The number of carbonyl (C=O) groups excluding carboxylic acids is 1. The van der Waals surface area contributed by atoms with Crippen molar-refractivity contribution in [3.8, 4) is 0 Å². The second kappa shape index (κ2) is 4.15. The zero-order valence-corrected chi connectivity index (χ0v) is 11.4. The summed E-state index contributed by atoms with van der Waals surface area (Å²) in [5, 5.41) is 3.12.